The second-order valence-corrected chi connectivity index (χ2v) is 8.42. The standard InChI is InChI=1S/C21H23N5OS/c1-2-11-26-20(27)18-13-7-3-6-10-16(13)28-19(18)25-21(26)22-12-17-23-14-8-4-5-9-15(14)24-17/h4-5,8-9H,2-3,6-7,10-12H2,1H3,(H,22,25)(H,23,24). The molecule has 4 aromatic rings. The summed E-state index contributed by atoms with van der Waals surface area (Å²) in [7, 11) is 0. The van der Waals surface area contributed by atoms with Gasteiger partial charge in [0, 0.05) is 11.4 Å². The zero-order chi connectivity index (χ0) is 19.1. The Morgan fingerprint density at radius 3 is 2.93 bits per heavy atom. The highest BCUT2D eigenvalue weighted by Gasteiger charge is 2.22. The predicted molar refractivity (Wildman–Crippen MR) is 114 cm³/mol. The van der Waals surface area contributed by atoms with Crippen LogP contribution < -0.4 is 10.9 Å². The molecule has 7 heteroatoms. The number of benzene rings is 1. The number of fused-ring (bicyclic) bond motifs is 4. The van der Waals surface area contributed by atoms with Crippen LogP contribution in [0.2, 0.25) is 0 Å². The molecule has 0 bridgehead atoms. The Morgan fingerprint density at radius 1 is 1.21 bits per heavy atom. The summed E-state index contributed by atoms with van der Waals surface area (Å²) in [6.45, 7) is 3.25. The Kier molecular flexibility index (Phi) is 4.39. The van der Waals surface area contributed by atoms with E-state index >= 15 is 0 Å². The third kappa shape index (κ3) is 2.90. The fourth-order valence-electron chi connectivity index (χ4n) is 4.06. The van der Waals surface area contributed by atoms with Crippen LogP contribution in [-0.4, -0.2) is 19.5 Å². The third-order valence-electron chi connectivity index (χ3n) is 5.37. The van der Waals surface area contributed by atoms with Gasteiger partial charge >= 0.3 is 0 Å². The number of hydrogen-bond acceptors (Lipinski definition) is 5. The van der Waals surface area contributed by atoms with Crippen LogP contribution in [0.5, 0.6) is 0 Å². The van der Waals surface area contributed by atoms with Gasteiger partial charge in [0.1, 0.15) is 10.7 Å². The largest absolute Gasteiger partial charge is 0.348 e. The number of rotatable bonds is 5. The summed E-state index contributed by atoms with van der Waals surface area (Å²) in [5, 5.41) is 4.20. The summed E-state index contributed by atoms with van der Waals surface area (Å²) in [6.07, 6.45) is 5.34. The van der Waals surface area contributed by atoms with Gasteiger partial charge in [-0.2, -0.15) is 0 Å². The van der Waals surface area contributed by atoms with E-state index in [1.807, 2.05) is 24.3 Å². The van der Waals surface area contributed by atoms with Gasteiger partial charge < -0.3 is 10.3 Å². The molecule has 1 aliphatic carbocycles. The van der Waals surface area contributed by atoms with Crippen LogP contribution in [0.4, 0.5) is 5.95 Å². The van der Waals surface area contributed by atoms with Crippen LogP contribution in [0, 0.1) is 0 Å². The average molecular weight is 394 g/mol. The second kappa shape index (κ2) is 7.05. The Hall–Kier alpha value is -2.67. The van der Waals surface area contributed by atoms with E-state index in [4.69, 9.17) is 4.98 Å². The topological polar surface area (TPSA) is 75.6 Å². The lowest BCUT2D eigenvalue weighted by atomic mass is 9.97. The molecule has 0 spiro atoms. The summed E-state index contributed by atoms with van der Waals surface area (Å²) in [5.41, 5.74) is 3.30. The maximum Gasteiger partial charge on any atom is 0.263 e. The molecule has 0 aliphatic heterocycles. The van der Waals surface area contributed by atoms with Crippen LogP contribution in [0.15, 0.2) is 29.1 Å². The first kappa shape index (κ1) is 17.4. The van der Waals surface area contributed by atoms with Crippen molar-refractivity contribution >= 4 is 38.5 Å². The molecule has 1 aromatic carbocycles. The third-order valence-corrected chi connectivity index (χ3v) is 6.56. The minimum Gasteiger partial charge on any atom is -0.348 e. The molecule has 0 radical (unpaired) electrons. The Labute approximate surface area is 166 Å². The van der Waals surface area contributed by atoms with Gasteiger partial charge in [-0.3, -0.25) is 9.36 Å². The second-order valence-electron chi connectivity index (χ2n) is 7.34. The molecule has 0 fully saturated rings. The first-order valence-corrected chi connectivity index (χ1v) is 10.8. The minimum absolute atomic E-state index is 0.0957. The molecule has 5 rings (SSSR count). The predicted octanol–water partition coefficient (Wildman–Crippen LogP) is 4.24. The van der Waals surface area contributed by atoms with Crippen molar-refractivity contribution in [2.75, 3.05) is 5.32 Å². The Bertz CT molecular complexity index is 1190. The van der Waals surface area contributed by atoms with Gasteiger partial charge in [0.05, 0.1) is 23.0 Å². The Balaban J connectivity index is 1.53. The number of thiophene rings is 1. The number of imidazole rings is 1. The van der Waals surface area contributed by atoms with E-state index in [1.54, 1.807) is 15.9 Å². The van der Waals surface area contributed by atoms with Crippen molar-refractivity contribution in [2.45, 2.75) is 52.1 Å². The molecule has 1 aliphatic rings. The van der Waals surface area contributed by atoms with Crippen LogP contribution in [0.3, 0.4) is 0 Å². The molecule has 28 heavy (non-hydrogen) atoms. The lowest BCUT2D eigenvalue weighted by Gasteiger charge is -2.13. The Morgan fingerprint density at radius 2 is 2.07 bits per heavy atom. The van der Waals surface area contributed by atoms with Crippen molar-refractivity contribution in [1.82, 2.24) is 19.5 Å². The molecule has 0 saturated heterocycles. The highest BCUT2D eigenvalue weighted by Crippen LogP contribution is 2.34. The highest BCUT2D eigenvalue weighted by atomic mass is 32.1. The summed E-state index contributed by atoms with van der Waals surface area (Å²) in [4.78, 5) is 28.3. The van der Waals surface area contributed by atoms with E-state index in [-0.39, 0.29) is 5.56 Å². The summed E-state index contributed by atoms with van der Waals surface area (Å²) < 4.78 is 1.80. The summed E-state index contributed by atoms with van der Waals surface area (Å²) in [6, 6.07) is 7.97. The molecular weight excluding hydrogens is 370 g/mol. The van der Waals surface area contributed by atoms with Gasteiger partial charge in [0.2, 0.25) is 5.95 Å². The molecule has 3 aromatic heterocycles. The van der Waals surface area contributed by atoms with Crippen molar-refractivity contribution in [3.05, 3.63) is 50.9 Å². The average Bonchev–Trinajstić information content (AvgIpc) is 3.29. The molecular formula is C21H23N5OS. The van der Waals surface area contributed by atoms with Crippen molar-refractivity contribution in [1.29, 1.82) is 0 Å². The fourth-order valence-corrected chi connectivity index (χ4v) is 5.31. The van der Waals surface area contributed by atoms with Gasteiger partial charge in [-0.1, -0.05) is 19.1 Å². The number of aromatic nitrogens is 4. The number of H-pyrrole nitrogens is 1. The van der Waals surface area contributed by atoms with Gasteiger partial charge in [-0.05, 0) is 49.8 Å². The highest BCUT2D eigenvalue weighted by molar-refractivity contribution is 7.18. The van der Waals surface area contributed by atoms with E-state index in [2.05, 4.69) is 22.2 Å². The van der Waals surface area contributed by atoms with Crippen LogP contribution >= 0.6 is 11.3 Å². The number of aromatic amines is 1. The zero-order valence-corrected chi connectivity index (χ0v) is 16.7. The molecule has 0 saturated carbocycles. The number of hydrogen-bond donors (Lipinski definition) is 2. The monoisotopic (exact) mass is 393 g/mol. The van der Waals surface area contributed by atoms with Gasteiger partial charge in [0.15, 0.2) is 0 Å². The SMILES string of the molecule is CCCn1c(NCc2nc3ccccc3[nH]2)nc2sc3c(c2c1=O)CCCC3. The van der Waals surface area contributed by atoms with E-state index in [9.17, 15) is 4.79 Å². The van der Waals surface area contributed by atoms with Gasteiger partial charge in [-0.25, -0.2) is 9.97 Å². The maximum absolute atomic E-state index is 13.3. The van der Waals surface area contributed by atoms with E-state index in [1.165, 1.54) is 16.9 Å². The molecule has 0 atom stereocenters. The number of nitrogens with zero attached hydrogens (tertiary/aromatic N) is 3. The summed E-state index contributed by atoms with van der Waals surface area (Å²) in [5.74, 6) is 1.47. The lowest BCUT2D eigenvalue weighted by molar-refractivity contribution is 0.650. The lowest BCUT2D eigenvalue weighted by Crippen LogP contribution is -2.25. The molecule has 144 valence electrons. The number of anilines is 1. The van der Waals surface area contributed by atoms with Crippen molar-refractivity contribution < 1.29 is 0 Å². The molecule has 0 amide bonds. The summed E-state index contributed by atoms with van der Waals surface area (Å²) >= 11 is 1.69. The van der Waals surface area contributed by atoms with Crippen LogP contribution in [-0.2, 0) is 25.9 Å². The smallest absolute Gasteiger partial charge is 0.263 e. The van der Waals surface area contributed by atoms with E-state index < -0.39 is 0 Å². The molecule has 2 N–H and O–H groups in total. The molecule has 6 nitrogen and oxygen atoms in total. The normalized spacial score (nSPS) is 13.9. The molecule has 3 heterocycles. The quantitative estimate of drug-likeness (QED) is 0.532. The van der Waals surface area contributed by atoms with Crippen LogP contribution in [0.1, 0.15) is 42.5 Å². The minimum atomic E-state index is 0.0957. The van der Waals surface area contributed by atoms with E-state index in [0.29, 0.717) is 19.0 Å². The molecule has 0 unspecified atom stereocenters. The number of aryl methyl sites for hydroxylation is 2. The first-order valence-electron chi connectivity index (χ1n) is 9.97. The van der Waals surface area contributed by atoms with Crippen molar-refractivity contribution in [2.24, 2.45) is 0 Å². The first-order chi connectivity index (χ1) is 13.7. The van der Waals surface area contributed by atoms with Gasteiger partial charge in [-0.15, -0.1) is 11.3 Å². The number of nitrogens with one attached hydrogen (secondary N) is 2. The maximum atomic E-state index is 13.3. The fraction of sp³-hybridized carbons (Fsp3) is 0.381. The number of para-hydroxylation sites is 2. The van der Waals surface area contributed by atoms with Crippen molar-refractivity contribution in [3.63, 3.8) is 0 Å². The van der Waals surface area contributed by atoms with Gasteiger partial charge in [0.25, 0.3) is 5.56 Å². The zero-order valence-electron chi connectivity index (χ0n) is 15.9. The van der Waals surface area contributed by atoms with E-state index in [0.717, 1.165) is 52.8 Å². The van der Waals surface area contributed by atoms with Crippen LogP contribution in [0.25, 0.3) is 21.3 Å². The van der Waals surface area contributed by atoms with Crippen molar-refractivity contribution in [3.8, 4) is 0 Å².